The maximum atomic E-state index is 10.5. The first kappa shape index (κ1) is 15.3. The van der Waals surface area contributed by atoms with Crippen LogP contribution in [-0.2, 0) is 11.3 Å². The molecule has 1 saturated carbocycles. The molecule has 4 nitrogen and oxygen atoms in total. The van der Waals surface area contributed by atoms with Crippen molar-refractivity contribution in [2.45, 2.75) is 44.9 Å². The minimum Gasteiger partial charge on any atom is -0.755 e. The molecule has 0 bridgehead atoms. The predicted octanol–water partition coefficient (Wildman–Crippen LogP) is 3.67. The lowest BCUT2D eigenvalue weighted by atomic mass is 9.86. The van der Waals surface area contributed by atoms with E-state index < -0.39 is 11.3 Å². The molecule has 1 unspecified atom stereocenters. The van der Waals surface area contributed by atoms with E-state index in [9.17, 15) is 8.76 Å². The average Bonchev–Trinajstić information content (AvgIpc) is 2.46. The quantitative estimate of drug-likeness (QED) is 0.596. The monoisotopic (exact) mass is 295 g/mol. The van der Waals surface area contributed by atoms with Gasteiger partial charge in [0, 0.05) is 29.2 Å². The van der Waals surface area contributed by atoms with Crippen LogP contribution in [0.25, 0.3) is 0 Å². The van der Waals surface area contributed by atoms with Gasteiger partial charge in [-0.25, -0.2) is 0 Å². The van der Waals surface area contributed by atoms with Crippen LogP contribution in [-0.4, -0.2) is 15.3 Å². The van der Waals surface area contributed by atoms with Crippen LogP contribution in [0.2, 0.25) is 0 Å². The Morgan fingerprint density at radius 3 is 2.40 bits per heavy atom. The largest absolute Gasteiger partial charge is 0.755 e. The van der Waals surface area contributed by atoms with E-state index in [1.807, 2.05) is 12.1 Å². The Labute approximate surface area is 123 Å². The molecule has 2 N–H and O–H groups in total. The van der Waals surface area contributed by atoms with Gasteiger partial charge < -0.3 is 14.6 Å². The van der Waals surface area contributed by atoms with Crippen molar-refractivity contribution >= 4 is 22.6 Å². The van der Waals surface area contributed by atoms with Gasteiger partial charge in [-0.2, -0.15) is 0 Å². The van der Waals surface area contributed by atoms with Crippen LogP contribution in [0.15, 0.2) is 24.3 Å². The first-order valence-corrected chi connectivity index (χ1v) is 8.51. The Hall–Kier alpha value is -1.07. The summed E-state index contributed by atoms with van der Waals surface area (Å²) in [6.45, 7) is 0.983. The third-order valence-corrected chi connectivity index (χ3v) is 4.33. The summed E-state index contributed by atoms with van der Waals surface area (Å²) in [6.07, 6.45) is 9.58. The minimum atomic E-state index is -2.25. The zero-order valence-corrected chi connectivity index (χ0v) is 12.6. The lowest BCUT2D eigenvalue weighted by molar-refractivity contribution is 0.335. The van der Waals surface area contributed by atoms with E-state index in [2.05, 4.69) is 10.0 Å². The van der Waals surface area contributed by atoms with Gasteiger partial charge in [0.05, 0.1) is 0 Å². The normalized spacial score (nSPS) is 17.6. The number of benzene rings is 1. The van der Waals surface area contributed by atoms with E-state index in [0.717, 1.165) is 18.2 Å². The zero-order chi connectivity index (χ0) is 14.2. The van der Waals surface area contributed by atoms with Crippen molar-refractivity contribution in [2.24, 2.45) is 5.92 Å². The topological polar surface area (TPSA) is 64.2 Å². The lowest BCUT2D eigenvalue weighted by Crippen LogP contribution is -2.09. The van der Waals surface area contributed by atoms with Gasteiger partial charge in [0.15, 0.2) is 0 Å². The highest BCUT2D eigenvalue weighted by Gasteiger charge is 2.12. The molecule has 20 heavy (non-hydrogen) atoms. The summed E-state index contributed by atoms with van der Waals surface area (Å²) < 4.78 is 23.3. The molecular weight excluding hydrogens is 272 g/mol. The molecule has 1 aliphatic rings. The van der Waals surface area contributed by atoms with Crippen LogP contribution in [0.5, 0.6) is 0 Å². The summed E-state index contributed by atoms with van der Waals surface area (Å²) in [7, 11) is 0. The SMILES string of the molecule is O=S([O-])Nc1ccc(NCCCC2CCCCC2)cc1. The fourth-order valence-electron chi connectivity index (χ4n) is 2.85. The molecule has 0 amide bonds. The van der Waals surface area contributed by atoms with Crippen LogP contribution in [0.4, 0.5) is 11.4 Å². The van der Waals surface area contributed by atoms with Crippen molar-refractivity contribution in [3.05, 3.63) is 24.3 Å². The number of rotatable bonds is 7. The Bertz CT molecular complexity index is 416. The molecule has 1 aromatic rings. The van der Waals surface area contributed by atoms with Gasteiger partial charge >= 0.3 is 0 Å². The number of hydrogen-bond acceptors (Lipinski definition) is 3. The molecule has 0 saturated heterocycles. The molecule has 1 aliphatic carbocycles. The molecule has 5 heteroatoms. The van der Waals surface area contributed by atoms with Crippen molar-refractivity contribution in [3.8, 4) is 0 Å². The molecule has 2 rings (SSSR count). The van der Waals surface area contributed by atoms with Crippen molar-refractivity contribution < 1.29 is 8.76 Å². The second-order valence-corrected chi connectivity index (χ2v) is 6.16. The van der Waals surface area contributed by atoms with Crippen molar-refractivity contribution in [1.29, 1.82) is 0 Å². The van der Waals surface area contributed by atoms with Gasteiger partial charge in [-0.15, -0.1) is 0 Å². The summed E-state index contributed by atoms with van der Waals surface area (Å²) in [5, 5.41) is 3.38. The highest BCUT2D eigenvalue weighted by Crippen LogP contribution is 2.27. The predicted molar refractivity (Wildman–Crippen MR) is 83.3 cm³/mol. The van der Waals surface area contributed by atoms with E-state index in [4.69, 9.17) is 0 Å². The molecule has 1 aromatic carbocycles. The first-order chi connectivity index (χ1) is 9.74. The Balaban J connectivity index is 1.64. The number of hydrogen-bond donors (Lipinski definition) is 2. The second-order valence-electron chi connectivity index (χ2n) is 5.49. The molecular formula is C15H23N2O2S-. The highest BCUT2D eigenvalue weighted by molar-refractivity contribution is 7.80. The third kappa shape index (κ3) is 5.51. The smallest absolute Gasteiger partial charge is 0.0453 e. The van der Waals surface area contributed by atoms with Gasteiger partial charge in [0.2, 0.25) is 0 Å². The highest BCUT2D eigenvalue weighted by atomic mass is 32.2. The summed E-state index contributed by atoms with van der Waals surface area (Å²) in [5.74, 6) is 0.934. The molecule has 0 spiro atoms. The molecule has 0 radical (unpaired) electrons. The zero-order valence-electron chi connectivity index (χ0n) is 11.8. The summed E-state index contributed by atoms with van der Waals surface area (Å²) in [5.41, 5.74) is 1.63. The summed E-state index contributed by atoms with van der Waals surface area (Å²) >= 11 is -2.25. The second kappa shape index (κ2) is 8.27. The molecule has 1 fully saturated rings. The average molecular weight is 295 g/mol. The molecule has 0 aliphatic heterocycles. The molecule has 0 aromatic heterocycles. The number of anilines is 2. The van der Waals surface area contributed by atoms with E-state index >= 15 is 0 Å². The van der Waals surface area contributed by atoms with Gasteiger partial charge in [-0.1, -0.05) is 32.1 Å². The van der Waals surface area contributed by atoms with Gasteiger partial charge in [0.25, 0.3) is 0 Å². The van der Waals surface area contributed by atoms with Crippen LogP contribution in [0, 0.1) is 5.92 Å². The number of nitrogens with one attached hydrogen (secondary N) is 2. The van der Waals surface area contributed by atoms with Crippen LogP contribution >= 0.6 is 0 Å². The van der Waals surface area contributed by atoms with Crippen LogP contribution < -0.4 is 10.0 Å². The van der Waals surface area contributed by atoms with Crippen molar-refractivity contribution in [3.63, 3.8) is 0 Å². The Morgan fingerprint density at radius 2 is 1.75 bits per heavy atom. The Kier molecular flexibility index (Phi) is 6.33. The van der Waals surface area contributed by atoms with E-state index in [-0.39, 0.29) is 0 Å². The molecule has 112 valence electrons. The maximum Gasteiger partial charge on any atom is 0.0453 e. The molecule has 0 heterocycles. The minimum absolute atomic E-state index is 0.589. The van der Waals surface area contributed by atoms with Gasteiger partial charge in [-0.3, -0.25) is 4.21 Å². The Morgan fingerprint density at radius 1 is 1.10 bits per heavy atom. The van der Waals surface area contributed by atoms with Gasteiger partial charge in [-0.05, 0) is 43.0 Å². The van der Waals surface area contributed by atoms with Gasteiger partial charge in [0.1, 0.15) is 0 Å². The fraction of sp³-hybridized carbons (Fsp3) is 0.600. The summed E-state index contributed by atoms with van der Waals surface area (Å²) in [4.78, 5) is 0. The maximum absolute atomic E-state index is 10.5. The molecule has 1 atom stereocenters. The van der Waals surface area contributed by atoms with Crippen LogP contribution in [0.3, 0.4) is 0 Å². The lowest BCUT2D eigenvalue weighted by Gasteiger charge is -2.21. The first-order valence-electron chi connectivity index (χ1n) is 7.44. The van der Waals surface area contributed by atoms with Crippen LogP contribution in [0.1, 0.15) is 44.9 Å². The third-order valence-electron chi connectivity index (χ3n) is 3.93. The summed E-state index contributed by atoms with van der Waals surface area (Å²) in [6, 6.07) is 7.32. The van der Waals surface area contributed by atoms with E-state index in [1.54, 1.807) is 12.1 Å². The van der Waals surface area contributed by atoms with E-state index in [0.29, 0.717) is 5.69 Å². The van der Waals surface area contributed by atoms with Crippen molar-refractivity contribution in [2.75, 3.05) is 16.6 Å². The fourth-order valence-corrected chi connectivity index (χ4v) is 3.18. The van der Waals surface area contributed by atoms with E-state index in [1.165, 1.54) is 44.9 Å². The van der Waals surface area contributed by atoms with Crippen molar-refractivity contribution in [1.82, 2.24) is 0 Å². The standard InChI is InChI=1S/C15H24N2O2S/c18-20(19)17-15-10-8-14(9-11-15)16-12-4-7-13-5-2-1-3-6-13/h8-11,13,16-17H,1-7,12H2,(H,18,19)/p-1.